The van der Waals surface area contributed by atoms with E-state index in [1.807, 2.05) is 6.08 Å². The highest BCUT2D eigenvalue weighted by atomic mass is 16.8. The molecular weight excluding hydrogens is 1240 g/mol. The van der Waals surface area contributed by atoms with Gasteiger partial charge in [-0.3, -0.25) is 4.79 Å². The molecule has 0 aromatic heterocycles. The molecule has 0 radical (unpaired) electrons. The Hall–Kier alpha value is -3.03. The van der Waals surface area contributed by atoms with Gasteiger partial charge < -0.3 is 89.9 Å². The highest BCUT2D eigenvalue weighted by Crippen LogP contribution is 2.33. The highest BCUT2D eigenvalue weighted by Gasteiger charge is 2.53. The van der Waals surface area contributed by atoms with Crippen molar-refractivity contribution in [1.82, 2.24) is 5.32 Å². The van der Waals surface area contributed by atoms with Crippen LogP contribution in [0.2, 0.25) is 0 Å². The number of allylic oxidation sites excluding steroid dienone is 13. The summed E-state index contributed by atoms with van der Waals surface area (Å²) in [4.78, 5) is 13.4. The minimum absolute atomic E-state index is 0.243. The summed E-state index contributed by atoms with van der Waals surface area (Å²) in [6.45, 7) is 1.62. The molecule has 1 amide bonds. The minimum atomic E-state index is -1.98. The molecule has 3 aliphatic rings. The Morgan fingerprint density at radius 1 is 0.381 bits per heavy atom. The Morgan fingerprint density at radius 2 is 0.711 bits per heavy atom. The summed E-state index contributed by atoms with van der Waals surface area (Å²) in [6, 6.07) is -0.974. The summed E-state index contributed by atoms with van der Waals surface area (Å²) >= 11 is 0. The normalized spacial score (nSPS) is 27.4. The third kappa shape index (κ3) is 39.3. The van der Waals surface area contributed by atoms with Crippen molar-refractivity contribution < 1.29 is 89.4 Å². The smallest absolute Gasteiger partial charge is 0.220 e. The van der Waals surface area contributed by atoms with Crippen LogP contribution in [0, 0.1) is 0 Å². The van der Waals surface area contributed by atoms with Crippen LogP contribution in [-0.4, -0.2) is 193 Å². The van der Waals surface area contributed by atoms with Crippen LogP contribution < -0.4 is 5.32 Å². The average Bonchev–Trinajstić information content (AvgIpc) is 0.809. The monoisotopic (exact) mass is 1380 g/mol. The molecule has 0 aromatic rings. The average molecular weight is 1380 g/mol. The van der Waals surface area contributed by atoms with Crippen LogP contribution in [0.4, 0.5) is 0 Å². The number of unbranched alkanes of at least 4 members (excludes halogenated alkanes) is 31. The van der Waals surface area contributed by atoms with E-state index >= 15 is 0 Å². The lowest BCUT2D eigenvalue weighted by molar-refractivity contribution is -0.379. The predicted octanol–water partition coefficient (Wildman–Crippen LogP) is 11.8. The number of carbonyl (C=O) groups is 1. The SMILES string of the molecule is CC/C=C\C/C=C\C/C=C\C/C=C\C/C=C\C/C=C\CCCCCCCCCCCCCCCCCCCCCCC(=O)NC(COC1OC(CO)C(OC2OC(CO)C(OC3OC(CO)C(O)C(O)C3O)C(O)C2O)C(O)C1O)C(O)/C=C/CCCCCCCCCCCCC. The molecule has 19 heteroatoms. The molecule has 562 valence electrons. The molecule has 17 atom stereocenters. The fourth-order valence-electron chi connectivity index (χ4n) is 12.5. The van der Waals surface area contributed by atoms with Crippen LogP contribution in [0.15, 0.2) is 85.1 Å². The van der Waals surface area contributed by atoms with Gasteiger partial charge in [0.15, 0.2) is 18.9 Å². The van der Waals surface area contributed by atoms with Crippen molar-refractivity contribution in [2.45, 2.75) is 375 Å². The molecule has 0 bridgehead atoms. The first-order valence-corrected chi connectivity index (χ1v) is 38.3. The van der Waals surface area contributed by atoms with E-state index in [0.29, 0.717) is 6.42 Å². The van der Waals surface area contributed by atoms with Gasteiger partial charge in [0.25, 0.3) is 0 Å². The van der Waals surface area contributed by atoms with Crippen molar-refractivity contribution in [2.24, 2.45) is 0 Å². The van der Waals surface area contributed by atoms with Crippen molar-refractivity contribution in [3.63, 3.8) is 0 Å². The van der Waals surface area contributed by atoms with Gasteiger partial charge in [0.05, 0.1) is 38.6 Å². The quantitative estimate of drug-likeness (QED) is 0.0199. The van der Waals surface area contributed by atoms with E-state index in [2.05, 4.69) is 92.1 Å². The molecule has 3 fully saturated rings. The topological polar surface area (TPSA) is 307 Å². The fraction of sp³-hybridized carbons (Fsp3) is 0.808. The lowest BCUT2D eigenvalue weighted by atomic mass is 9.96. The van der Waals surface area contributed by atoms with Crippen LogP contribution in [0.25, 0.3) is 0 Å². The van der Waals surface area contributed by atoms with Gasteiger partial charge in [-0.25, -0.2) is 0 Å². The van der Waals surface area contributed by atoms with E-state index in [4.69, 9.17) is 28.4 Å². The molecule has 0 aliphatic carbocycles. The van der Waals surface area contributed by atoms with Gasteiger partial charge in [0, 0.05) is 6.42 Å². The number of ether oxygens (including phenoxy) is 6. The Labute approximate surface area is 584 Å². The summed E-state index contributed by atoms with van der Waals surface area (Å²) in [5.41, 5.74) is 0. The van der Waals surface area contributed by atoms with E-state index in [0.717, 1.165) is 83.5 Å². The number of amides is 1. The molecule has 12 N–H and O–H groups in total. The molecule has 3 saturated heterocycles. The molecule has 19 nitrogen and oxygen atoms in total. The van der Waals surface area contributed by atoms with Crippen molar-refractivity contribution >= 4 is 5.91 Å². The van der Waals surface area contributed by atoms with E-state index in [1.165, 1.54) is 161 Å². The number of nitrogens with one attached hydrogen (secondary N) is 1. The molecule has 3 aliphatic heterocycles. The van der Waals surface area contributed by atoms with Gasteiger partial charge in [-0.15, -0.1) is 0 Å². The van der Waals surface area contributed by atoms with Gasteiger partial charge in [-0.1, -0.05) is 279 Å². The van der Waals surface area contributed by atoms with Crippen molar-refractivity contribution in [2.75, 3.05) is 26.4 Å². The Bertz CT molecular complexity index is 2080. The van der Waals surface area contributed by atoms with Crippen LogP contribution in [0.5, 0.6) is 0 Å². The summed E-state index contributed by atoms with van der Waals surface area (Å²) in [6.07, 6.45) is 50.2. The molecule has 0 spiro atoms. The maximum Gasteiger partial charge on any atom is 0.220 e. The zero-order valence-electron chi connectivity index (χ0n) is 59.8. The number of hydrogen-bond acceptors (Lipinski definition) is 18. The van der Waals surface area contributed by atoms with Crippen LogP contribution in [0.3, 0.4) is 0 Å². The lowest BCUT2D eigenvalue weighted by Gasteiger charge is -2.48. The first kappa shape index (κ1) is 88.2. The first-order valence-electron chi connectivity index (χ1n) is 38.3. The zero-order chi connectivity index (χ0) is 70.4. The Kier molecular flexibility index (Phi) is 53.2. The molecule has 97 heavy (non-hydrogen) atoms. The molecule has 0 aromatic carbocycles. The van der Waals surface area contributed by atoms with Crippen LogP contribution in [-0.2, 0) is 33.2 Å². The Balaban J connectivity index is 1.30. The third-order valence-corrected chi connectivity index (χ3v) is 18.7. The third-order valence-electron chi connectivity index (χ3n) is 18.7. The van der Waals surface area contributed by atoms with Gasteiger partial charge >= 0.3 is 0 Å². The van der Waals surface area contributed by atoms with E-state index in [9.17, 15) is 61.0 Å². The summed E-state index contributed by atoms with van der Waals surface area (Å²) in [7, 11) is 0. The van der Waals surface area contributed by atoms with Crippen molar-refractivity contribution in [1.29, 1.82) is 0 Å². The second-order valence-corrected chi connectivity index (χ2v) is 27.1. The van der Waals surface area contributed by atoms with Crippen LogP contribution >= 0.6 is 0 Å². The minimum Gasteiger partial charge on any atom is -0.394 e. The second-order valence-electron chi connectivity index (χ2n) is 27.1. The first-order chi connectivity index (χ1) is 47.3. The van der Waals surface area contributed by atoms with Crippen molar-refractivity contribution in [3.05, 3.63) is 85.1 Å². The van der Waals surface area contributed by atoms with Gasteiger partial charge in [-0.05, 0) is 70.6 Å². The highest BCUT2D eigenvalue weighted by molar-refractivity contribution is 5.76. The molecule has 3 heterocycles. The number of aliphatic hydroxyl groups is 11. The number of aliphatic hydroxyl groups excluding tert-OH is 11. The zero-order valence-corrected chi connectivity index (χ0v) is 59.8. The molecular formula is C78H137NO18. The van der Waals surface area contributed by atoms with Gasteiger partial charge in [0.2, 0.25) is 5.91 Å². The summed E-state index contributed by atoms with van der Waals surface area (Å²) < 4.78 is 34.4. The Morgan fingerprint density at radius 3 is 1.11 bits per heavy atom. The van der Waals surface area contributed by atoms with Crippen molar-refractivity contribution in [3.8, 4) is 0 Å². The maximum absolute atomic E-state index is 13.4. The van der Waals surface area contributed by atoms with E-state index in [-0.39, 0.29) is 18.9 Å². The van der Waals surface area contributed by atoms with E-state index in [1.54, 1.807) is 6.08 Å². The summed E-state index contributed by atoms with van der Waals surface area (Å²) in [5, 5.41) is 121. The van der Waals surface area contributed by atoms with Gasteiger partial charge in [0.1, 0.15) is 73.2 Å². The molecule has 17 unspecified atom stereocenters. The lowest BCUT2D eigenvalue weighted by Crippen LogP contribution is -2.66. The maximum atomic E-state index is 13.4. The molecule has 3 rings (SSSR count). The fourth-order valence-corrected chi connectivity index (χ4v) is 12.5. The number of carbonyl (C=O) groups excluding carboxylic acids is 1. The predicted molar refractivity (Wildman–Crippen MR) is 383 cm³/mol. The van der Waals surface area contributed by atoms with Crippen LogP contribution in [0.1, 0.15) is 271 Å². The largest absolute Gasteiger partial charge is 0.394 e. The number of rotatable bonds is 59. The van der Waals surface area contributed by atoms with Gasteiger partial charge in [-0.2, -0.15) is 0 Å². The summed E-state index contributed by atoms with van der Waals surface area (Å²) in [5.74, 6) is -0.275. The standard InChI is InChI=1S/C78H137NO18/c1-3-5-7-9-11-13-15-17-18-19-20-21-22-23-24-25-26-27-28-29-30-31-32-33-34-35-36-37-38-39-40-41-42-44-46-48-50-52-54-56-66(84)79-61(62(83)55-53-51-49-47-45-43-16-14-12-10-8-6-4-2)60-92-76-72(90)69(87)74(64(58-81)94-76)97-78-73(91)70(88)75(65(59-82)95-78)96-77-71(89)68(86)67(85)63(57-80)93-77/h5,7,11,13,17-18,20-21,23-24,26-27,53,55,61-65,67-78,80-83,85-91H,3-4,6,8-10,12,14-16,19,22,25,28-52,54,56-60H2,1-2H3,(H,79,84)/b7-5-,13-11-,18-17-,21-20-,24-23-,27-26-,55-53+. The second kappa shape index (κ2) is 58.5. The van der Waals surface area contributed by atoms with E-state index < -0.39 is 124 Å². The molecule has 0 saturated carbocycles. The number of hydrogen-bond donors (Lipinski definition) is 12.